The first kappa shape index (κ1) is 24.5. The highest BCUT2D eigenvalue weighted by Gasteiger charge is 2.19. The fraction of sp³-hybridized carbons (Fsp3) is 0.179. The highest BCUT2D eigenvalue weighted by atomic mass is 32.2. The standard InChI is InChI=1S/C28H26N6O2S/c1-19(2)17-33-23-16-10-9-15-22(23)25(27(33)36)30-29-24(35)18-37-28-32-31-26(20-11-5-3-6-12-20)34(28)21-13-7-4-8-14-21/h3-16,19,36H,17-18H2,1-2H3. The van der Waals surface area contributed by atoms with Crippen LogP contribution in [0.5, 0.6) is 5.88 Å². The van der Waals surface area contributed by atoms with E-state index in [-0.39, 0.29) is 11.6 Å². The summed E-state index contributed by atoms with van der Waals surface area (Å²) in [5.41, 5.74) is 2.97. The van der Waals surface area contributed by atoms with Crippen LogP contribution in [0.3, 0.4) is 0 Å². The van der Waals surface area contributed by atoms with Gasteiger partial charge in [0.2, 0.25) is 5.88 Å². The van der Waals surface area contributed by atoms with E-state index in [1.54, 1.807) is 4.57 Å². The van der Waals surface area contributed by atoms with Crippen molar-refractivity contribution in [2.24, 2.45) is 16.1 Å². The van der Waals surface area contributed by atoms with E-state index in [0.29, 0.717) is 29.1 Å². The first-order valence-corrected chi connectivity index (χ1v) is 13.0. The molecule has 0 fully saturated rings. The maximum Gasteiger partial charge on any atom is 0.275 e. The van der Waals surface area contributed by atoms with E-state index in [2.05, 4.69) is 34.3 Å². The first-order valence-electron chi connectivity index (χ1n) is 12.0. The number of thioether (sulfide) groups is 1. The van der Waals surface area contributed by atoms with E-state index >= 15 is 0 Å². The van der Waals surface area contributed by atoms with Gasteiger partial charge in [0.25, 0.3) is 5.91 Å². The van der Waals surface area contributed by atoms with Crippen LogP contribution in [-0.2, 0) is 11.3 Å². The molecule has 0 spiro atoms. The van der Waals surface area contributed by atoms with Crippen LogP contribution < -0.4 is 0 Å². The highest BCUT2D eigenvalue weighted by Crippen LogP contribution is 2.39. The van der Waals surface area contributed by atoms with Crippen molar-refractivity contribution in [1.29, 1.82) is 0 Å². The molecule has 8 nitrogen and oxygen atoms in total. The molecule has 5 rings (SSSR count). The summed E-state index contributed by atoms with van der Waals surface area (Å²) in [6.07, 6.45) is 0. The summed E-state index contributed by atoms with van der Waals surface area (Å²) in [7, 11) is 0. The molecular formula is C28H26N6O2S. The van der Waals surface area contributed by atoms with Gasteiger partial charge in [-0.15, -0.1) is 20.4 Å². The van der Waals surface area contributed by atoms with Crippen LogP contribution in [0.1, 0.15) is 13.8 Å². The fourth-order valence-corrected chi connectivity index (χ4v) is 4.86. The lowest BCUT2D eigenvalue weighted by atomic mass is 10.2. The second-order valence-electron chi connectivity index (χ2n) is 8.92. The van der Waals surface area contributed by atoms with Crippen LogP contribution in [0.25, 0.3) is 28.0 Å². The number of aromatic hydroxyl groups is 1. The topological polar surface area (TPSA) is 97.7 Å². The van der Waals surface area contributed by atoms with Gasteiger partial charge in [-0.25, -0.2) is 0 Å². The minimum atomic E-state index is -0.436. The maximum atomic E-state index is 12.7. The smallest absolute Gasteiger partial charge is 0.275 e. The Balaban J connectivity index is 1.39. The Labute approximate surface area is 218 Å². The molecule has 0 aliphatic rings. The number of carbonyl (C=O) groups is 1. The highest BCUT2D eigenvalue weighted by molar-refractivity contribution is 7.99. The molecule has 5 aromatic rings. The van der Waals surface area contributed by atoms with Crippen LogP contribution in [0.15, 0.2) is 100 Å². The minimum absolute atomic E-state index is 0.00965. The van der Waals surface area contributed by atoms with Crippen LogP contribution >= 0.6 is 11.8 Å². The number of azo groups is 1. The van der Waals surface area contributed by atoms with Crippen LogP contribution in [0.2, 0.25) is 0 Å². The van der Waals surface area contributed by atoms with Crippen molar-refractivity contribution < 1.29 is 9.90 Å². The van der Waals surface area contributed by atoms with Crippen molar-refractivity contribution >= 4 is 34.3 Å². The van der Waals surface area contributed by atoms with E-state index in [9.17, 15) is 9.90 Å². The second kappa shape index (κ2) is 10.8. The van der Waals surface area contributed by atoms with Gasteiger partial charge in [-0.2, -0.15) is 0 Å². The lowest BCUT2D eigenvalue weighted by Gasteiger charge is -2.09. The lowest BCUT2D eigenvalue weighted by Crippen LogP contribution is -2.03. The number of aromatic nitrogens is 4. The molecule has 9 heteroatoms. The summed E-state index contributed by atoms with van der Waals surface area (Å²) < 4.78 is 3.73. The molecule has 0 atom stereocenters. The SMILES string of the molecule is CC(C)Cn1c(O)c(N=NC(=O)CSc2nnc(-c3ccccc3)n2-c2ccccc2)c2ccccc21. The molecule has 2 heterocycles. The van der Waals surface area contributed by atoms with E-state index in [4.69, 9.17) is 0 Å². The number of fused-ring (bicyclic) bond motifs is 1. The monoisotopic (exact) mass is 510 g/mol. The predicted octanol–water partition coefficient (Wildman–Crippen LogP) is 6.65. The lowest BCUT2D eigenvalue weighted by molar-refractivity contribution is -0.115. The number of carbonyl (C=O) groups excluding carboxylic acids is 1. The quantitative estimate of drug-likeness (QED) is 0.186. The van der Waals surface area contributed by atoms with Crippen LogP contribution in [0.4, 0.5) is 5.69 Å². The molecule has 186 valence electrons. The van der Waals surface area contributed by atoms with Gasteiger partial charge in [0.15, 0.2) is 16.7 Å². The fourth-order valence-electron chi connectivity index (χ4n) is 4.13. The third-order valence-electron chi connectivity index (χ3n) is 5.73. The molecule has 0 radical (unpaired) electrons. The molecule has 37 heavy (non-hydrogen) atoms. The third kappa shape index (κ3) is 5.17. The number of hydrogen-bond donors (Lipinski definition) is 1. The summed E-state index contributed by atoms with van der Waals surface area (Å²) in [6, 6.07) is 27.1. The summed E-state index contributed by atoms with van der Waals surface area (Å²) in [6.45, 7) is 4.78. The van der Waals surface area contributed by atoms with E-state index in [1.165, 1.54) is 11.8 Å². The van der Waals surface area contributed by atoms with Crippen molar-refractivity contribution in [1.82, 2.24) is 19.3 Å². The predicted molar refractivity (Wildman–Crippen MR) is 145 cm³/mol. The second-order valence-corrected chi connectivity index (χ2v) is 9.86. The zero-order valence-electron chi connectivity index (χ0n) is 20.5. The number of benzene rings is 3. The molecule has 0 saturated carbocycles. The molecule has 0 unspecified atom stereocenters. The van der Waals surface area contributed by atoms with Crippen molar-refractivity contribution in [2.45, 2.75) is 25.5 Å². The van der Waals surface area contributed by atoms with Crippen molar-refractivity contribution in [3.8, 4) is 23.0 Å². The van der Waals surface area contributed by atoms with Gasteiger partial charge in [0.1, 0.15) is 0 Å². The molecule has 3 aromatic carbocycles. The van der Waals surface area contributed by atoms with Gasteiger partial charge in [0, 0.05) is 23.2 Å². The van der Waals surface area contributed by atoms with Gasteiger partial charge >= 0.3 is 0 Å². The Kier molecular flexibility index (Phi) is 7.14. The Bertz CT molecular complexity index is 1560. The molecule has 0 aliphatic carbocycles. The summed E-state index contributed by atoms with van der Waals surface area (Å²) in [5.74, 6) is 0.609. The van der Waals surface area contributed by atoms with Gasteiger partial charge < -0.3 is 9.67 Å². The van der Waals surface area contributed by atoms with Crippen LogP contribution in [0, 0.1) is 5.92 Å². The first-order chi connectivity index (χ1) is 18.0. The minimum Gasteiger partial charge on any atom is -0.493 e. The molecule has 1 amide bonds. The Morgan fingerprint density at radius 2 is 1.62 bits per heavy atom. The van der Waals surface area contributed by atoms with Crippen molar-refractivity contribution in [3.63, 3.8) is 0 Å². The van der Waals surface area contributed by atoms with Crippen molar-refractivity contribution in [2.75, 3.05) is 5.75 Å². The van der Waals surface area contributed by atoms with Crippen molar-refractivity contribution in [3.05, 3.63) is 84.9 Å². The van der Waals surface area contributed by atoms with E-state index in [0.717, 1.165) is 22.2 Å². The number of nitrogens with zero attached hydrogens (tertiary/aromatic N) is 6. The zero-order valence-corrected chi connectivity index (χ0v) is 21.3. The van der Waals surface area contributed by atoms with Gasteiger partial charge in [-0.05, 0) is 24.1 Å². The summed E-state index contributed by atoms with van der Waals surface area (Å²) >= 11 is 1.24. The molecule has 0 bridgehead atoms. The van der Waals surface area contributed by atoms with Gasteiger partial charge in [0.05, 0.1) is 11.3 Å². The summed E-state index contributed by atoms with van der Waals surface area (Å²) in [4.78, 5) is 12.7. The Hall–Kier alpha value is -4.24. The molecule has 1 N–H and O–H groups in total. The normalized spacial score (nSPS) is 11.6. The number of rotatable bonds is 8. The average molecular weight is 511 g/mol. The number of para-hydroxylation sites is 2. The number of hydrogen-bond acceptors (Lipinski definition) is 6. The average Bonchev–Trinajstić information content (AvgIpc) is 3.46. The number of amides is 1. The molecule has 2 aromatic heterocycles. The molecular weight excluding hydrogens is 484 g/mol. The Morgan fingerprint density at radius 1 is 0.946 bits per heavy atom. The molecule has 0 aliphatic heterocycles. The third-order valence-corrected chi connectivity index (χ3v) is 6.64. The van der Waals surface area contributed by atoms with Gasteiger partial charge in [-0.3, -0.25) is 9.36 Å². The maximum absolute atomic E-state index is 12.7. The summed E-state index contributed by atoms with van der Waals surface area (Å²) in [5, 5.41) is 29.0. The zero-order chi connectivity index (χ0) is 25.8. The largest absolute Gasteiger partial charge is 0.493 e. The molecule has 0 saturated heterocycles. The van der Waals surface area contributed by atoms with Gasteiger partial charge in [-0.1, -0.05) is 92.3 Å². The Morgan fingerprint density at radius 3 is 2.35 bits per heavy atom. The van der Waals surface area contributed by atoms with Crippen LogP contribution in [-0.4, -0.2) is 36.1 Å². The van der Waals surface area contributed by atoms with E-state index < -0.39 is 5.91 Å². The van der Waals surface area contributed by atoms with E-state index in [1.807, 2.05) is 89.5 Å².